The van der Waals surface area contributed by atoms with Gasteiger partial charge in [0.25, 0.3) is 0 Å². The third kappa shape index (κ3) is 3.69. The highest BCUT2D eigenvalue weighted by atomic mass is 19.1. The highest BCUT2D eigenvalue weighted by Crippen LogP contribution is 2.30. The summed E-state index contributed by atoms with van der Waals surface area (Å²) in [7, 11) is 2.01. The second-order valence-electron chi connectivity index (χ2n) is 5.96. The van der Waals surface area contributed by atoms with Crippen molar-refractivity contribution < 1.29 is 4.39 Å². The first kappa shape index (κ1) is 14.3. The number of anilines is 1. The van der Waals surface area contributed by atoms with Gasteiger partial charge in [-0.25, -0.2) is 4.39 Å². The van der Waals surface area contributed by atoms with Crippen LogP contribution in [0.3, 0.4) is 0 Å². The monoisotopic (exact) mass is 264 g/mol. The van der Waals surface area contributed by atoms with Gasteiger partial charge in [0.05, 0.1) is 5.69 Å². The second kappa shape index (κ2) is 6.38. The van der Waals surface area contributed by atoms with Crippen LogP contribution in [0.4, 0.5) is 10.1 Å². The maximum Gasteiger partial charge on any atom is 0.146 e. The molecule has 0 heterocycles. The van der Waals surface area contributed by atoms with Crippen molar-refractivity contribution in [2.45, 2.75) is 45.7 Å². The molecule has 2 nitrogen and oxygen atoms in total. The number of nitrogens with one attached hydrogen (secondary N) is 1. The predicted molar refractivity (Wildman–Crippen MR) is 79.0 cm³/mol. The summed E-state index contributed by atoms with van der Waals surface area (Å²) < 4.78 is 14.1. The maximum atomic E-state index is 14.1. The summed E-state index contributed by atoms with van der Waals surface area (Å²) in [6.07, 6.45) is 3.91. The molecule has 1 aliphatic rings. The summed E-state index contributed by atoms with van der Waals surface area (Å²) >= 11 is 0. The molecule has 106 valence electrons. The van der Waals surface area contributed by atoms with E-state index in [-0.39, 0.29) is 5.82 Å². The average molecular weight is 264 g/mol. The number of halogens is 1. The lowest BCUT2D eigenvalue weighted by molar-refractivity contribution is 0.320. The van der Waals surface area contributed by atoms with Crippen LogP contribution in [0.5, 0.6) is 0 Å². The maximum absolute atomic E-state index is 14.1. The minimum absolute atomic E-state index is 0.107. The number of nitrogens with zero attached hydrogens (tertiary/aromatic N) is 1. The quantitative estimate of drug-likeness (QED) is 0.845. The van der Waals surface area contributed by atoms with Gasteiger partial charge in [-0.15, -0.1) is 0 Å². The van der Waals surface area contributed by atoms with Crippen LogP contribution in [0.1, 0.15) is 38.7 Å². The van der Waals surface area contributed by atoms with Crippen molar-refractivity contribution in [2.75, 3.05) is 18.5 Å². The minimum atomic E-state index is -0.107. The Morgan fingerprint density at radius 3 is 2.68 bits per heavy atom. The smallest absolute Gasteiger partial charge is 0.146 e. The van der Waals surface area contributed by atoms with Crippen LogP contribution in [0, 0.1) is 11.7 Å². The van der Waals surface area contributed by atoms with Crippen LogP contribution in [-0.2, 0) is 6.54 Å². The van der Waals surface area contributed by atoms with E-state index in [4.69, 9.17) is 0 Å². The third-order valence-electron chi connectivity index (χ3n) is 3.91. The van der Waals surface area contributed by atoms with Crippen LogP contribution in [0.25, 0.3) is 0 Å². The zero-order valence-corrected chi connectivity index (χ0v) is 12.2. The SMILES string of the molecule is CC(C)NCc1cccc(F)c1N(C)CC1CCC1. The molecule has 0 radical (unpaired) electrons. The van der Waals surface area contributed by atoms with Gasteiger partial charge < -0.3 is 10.2 Å². The van der Waals surface area contributed by atoms with Crippen molar-refractivity contribution in [1.82, 2.24) is 5.32 Å². The van der Waals surface area contributed by atoms with Crippen LogP contribution in [0.15, 0.2) is 18.2 Å². The van der Waals surface area contributed by atoms with Crippen molar-refractivity contribution in [3.05, 3.63) is 29.6 Å². The number of hydrogen-bond acceptors (Lipinski definition) is 2. The Hall–Kier alpha value is -1.09. The van der Waals surface area contributed by atoms with E-state index in [0.29, 0.717) is 6.04 Å². The fraction of sp³-hybridized carbons (Fsp3) is 0.625. The Balaban J connectivity index is 2.11. The van der Waals surface area contributed by atoms with E-state index in [9.17, 15) is 4.39 Å². The normalized spacial score (nSPS) is 15.6. The van der Waals surface area contributed by atoms with Gasteiger partial charge in [-0.05, 0) is 30.4 Å². The predicted octanol–water partition coefficient (Wildman–Crippen LogP) is 3.56. The average Bonchev–Trinajstić information content (AvgIpc) is 2.31. The molecule has 0 aromatic heterocycles. The molecule has 0 aliphatic heterocycles. The van der Waals surface area contributed by atoms with Gasteiger partial charge >= 0.3 is 0 Å². The van der Waals surface area contributed by atoms with Gasteiger partial charge in [-0.1, -0.05) is 32.4 Å². The van der Waals surface area contributed by atoms with Crippen molar-refractivity contribution in [2.24, 2.45) is 5.92 Å². The van der Waals surface area contributed by atoms with Crippen LogP contribution in [0.2, 0.25) is 0 Å². The molecule has 0 unspecified atom stereocenters. The molecule has 0 amide bonds. The van der Waals surface area contributed by atoms with E-state index >= 15 is 0 Å². The fourth-order valence-corrected chi connectivity index (χ4v) is 2.60. The van der Waals surface area contributed by atoms with Gasteiger partial charge in [0.1, 0.15) is 5.82 Å². The van der Waals surface area contributed by atoms with Crippen molar-refractivity contribution in [1.29, 1.82) is 0 Å². The highest BCUT2D eigenvalue weighted by molar-refractivity contribution is 5.54. The molecule has 3 heteroatoms. The van der Waals surface area contributed by atoms with Crippen molar-refractivity contribution in [3.8, 4) is 0 Å². The van der Waals surface area contributed by atoms with E-state index < -0.39 is 0 Å². The Morgan fingerprint density at radius 1 is 1.37 bits per heavy atom. The van der Waals surface area contributed by atoms with E-state index in [0.717, 1.165) is 30.3 Å². The molecule has 0 saturated heterocycles. The summed E-state index contributed by atoms with van der Waals surface area (Å²) in [5.74, 6) is 0.639. The van der Waals surface area contributed by atoms with E-state index in [1.807, 2.05) is 13.1 Å². The Labute approximate surface area is 116 Å². The number of rotatable bonds is 6. The third-order valence-corrected chi connectivity index (χ3v) is 3.91. The molecular weight excluding hydrogens is 239 g/mol. The zero-order chi connectivity index (χ0) is 13.8. The van der Waals surface area contributed by atoms with Gasteiger partial charge in [-0.3, -0.25) is 0 Å². The lowest BCUT2D eigenvalue weighted by Gasteiger charge is -2.32. The molecule has 19 heavy (non-hydrogen) atoms. The first-order valence-electron chi connectivity index (χ1n) is 7.30. The topological polar surface area (TPSA) is 15.3 Å². The lowest BCUT2D eigenvalue weighted by Crippen LogP contribution is -2.31. The van der Waals surface area contributed by atoms with Crippen LogP contribution >= 0.6 is 0 Å². The molecule has 1 aromatic rings. The zero-order valence-electron chi connectivity index (χ0n) is 12.2. The molecule has 0 atom stereocenters. The molecule has 1 fully saturated rings. The first-order valence-corrected chi connectivity index (χ1v) is 7.30. The Kier molecular flexibility index (Phi) is 4.81. The standard InChI is InChI=1S/C16H25FN2/c1-12(2)18-10-14-8-5-9-15(17)16(14)19(3)11-13-6-4-7-13/h5,8-9,12-13,18H,4,6-7,10-11H2,1-3H3. The molecular formula is C16H25FN2. The fourth-order valence-electron chi connectivity index (χ4n) is 2.60. The molecule has 0 bridgehead atoms. The number of hydrogen-bond donors (Lipinski definition) is 1. The minimum Gasteiger partial charge on any atom is -0.372 e. The van der Waals surface area contributed by atoms with Gasteiger partial charge in [-0.2, -0.15) is 0 Å². The molecule has 0 spiro atoms. The molecule has 1 saturated carbocycles. The number of benzene rings is 1. The van der Waals surface area contributed by atoms with E-state index in [1.165, 1.54) is 19.3 Å². The summed E-state index contributed by atoms with van der Waals surface area (Å²) in [4.78, 5) is 2.09. The summed E-state index contributed by atoms with van der Waals surface area (Å²) in [6.45, 7) is 5.91. The molecule has 1 N–H and O–H groups in total. The highest BCUT2D eigenvalue weighted by Gasteiger charge is 2.21. The summed E-state index contributed by atoms with van der Waals surface area (Å²) in [5, 5.41) is 3.37. The lowest BCUT2D eigenvalue weighted by atomic mass is 9.85. The van der Waals surface area contributed by atoms with Gasteiger partial charge in [0.15, 0.2) is 0 Å². The molecule has 2 rings (SSSR count). The first-order chi connectivity index (χ1) is 9.08. The molecule has 1 aromatic carbocycles. The van der Waals surface area contributed by atoms with Crippen LogP contribution in [-0.4, -0.2) is 19.6 Å². The largest absolute Gasteiger partial charge is 0.372 e. The van der Waals surface area contributed by atoms with E-state index in [2.05, 4.69) is 24.1 Å². The Bertz CT molecular complexity index is 413. The summed E-state index contributed by atoms with van der Waals surface area (Å²) in [5.41, 5.74) is 1.82. The van der Waals surface area contributed by atoms with Crippen molar-refractivity contribution >= 4 is 5.69 Å². The second-order valence-corrected chi connectivity index (χ2v) is 5.96. The van der Waals surface area contributed by atoms with E-state index in [1.54, 1.807) is 12.1 Å². The molecule has 1 aliphatic carbocycles. The number of para-hydroxylation sites is 1. The van der Waals surface area contributed by atoms with Gasteiger partial charge in [0, 0.05) is 26.2 Å². The van der Waals surface area contributed by atoms with Crippen LogP contribution < -0.4 is 10.2 Å². The Morgan fingerprint density at radius 2 is 2.11 bits per heavy atom. The van der Waals surface area contributed by atoms with Gasteiger partial charge in [0.2, 0.25) is 0 Å². The summed E-state index contributed by atoms with van der Waals surface area (Å²) in [6, 6.07) is 5.79. The van der Waals surface area contributed by atoms with Crippen molar-refractivity contribution in [3.63, 3.8) is 0 Å².